The molecule has 3 rings (SSSR count). The van der Waals surface area contributed by atoms with Crippen LogP contribution in [-0.4, -0.2) is 43.3 Å². The van der Waals surface area contributed by atoms with Crippen LogP contribution < -0.4 is 15.8 Å². The molecule has 0 aliphatic carbocycles. The number of nitrogens with zero attached hydrogens (tertiary/aromatic N) is 2. The summed E-state index contributed by atoms with van der Waals surface area (Å²) in [4.78, 5) is 19.9. The number of pyridine rings is 1. The number of fused-ring (bicyclic) bond motifs is 1. The van der Waals surface area contributed by atoms with E-state index in [-0.39, 0.29) is 29.2 Å². The molecule has 7 nitrogen and oxygen atoms in total. The molecule has 12 heteroatoms. The maximum absolute atomic E-state index is 13.0. The predicted molar refractivity (Wildman–Crippen MR) is 166 cm³/mol. The van der Waals surface area contributed by atoms with E-state index in [1.54, 1.807) is 18.2 Å². The number of allylic oxidation sites excluding steroid dienone is 2. The van der Waals surface area contributed by atoms with E-state index >= 15 is 0 Å². The largest absolute Gasteiger partial charge is 0.494 e. The fourth-order valence-corrected chi connectivity index (χ4v) is 2.60. The molecule has 3 aromatic rings. The predicted octanol–water partition coefficient (Wildman–Crippen LogP) is 9.10. The number of nitrogens with two attached hydrogens (primary N) is 1. The Morgan fingerprint density at radius 2 is 1.60 bits per heavy atom. The van der Waals surface area contributed by atoms with Crippen LogP contribution in [0.4, 0.5) is 22.0 Å². The van der Waals surface area contributed by atoms with Crippen LogP contribution in [0, 0.1) is 0 Å². The van der Waals surface area contributed by atoms with Crippen LogP contribution in [0.5, 0.6) is 5.75 Å². The molecule has 0 saturated heterocycles. The Labute approximate surface area is 252 Å². The third-order valence-corrected chi connectivity index (χ3v) is 4.09. The fraction of sp³-hybridized carbons (Fsp3) is 0.452. The lowest BCUT2D eigenvalue weighted by Gasteiger charge is -2.11. The maximum atomic E-state index is 13.0. The Bertz CT molecular complexity index is 1180. The number of nitrogens with one attached hydrogen (secondary N) is 1. The van der Waals surface area contributed by atoms with Gasteiger partial charge in [-0.15, -0.1) is 0 Å². The van der Waals surface area contributed by atoms with Gasteiger partial charge in [0.2, 0.25) is 5.89 Å². The van der Waals surface area contributed by atoms with E-state index in [1.807, 2.05) is 20.8 Å². The molecule has 0 bridgehead atoms. The molecular weight excluding hydrogens is 571 g/mol. The molecule has 2 aromatic heterocycles. The summed E-state index contributed by atoms with van der Waals surface area (Å²) in [6.45, 7) is 14.0. The normalized spacial score (nSPS) is 10.0. The number of methoxy groups -OCH3 is 1. The van der Waals surface area contributed by atoms with E-state index in [2.05, 4.69) is 48.7 Å². The summed E-state index contributed by atoms with van der Waals surface area (Å²) >= 11 is 0. The highest BCUT2D eigenvalue weighted by atomic mass is 19.4. The summed E-state index contributed by atoms with van der Waals surface area (Å²) in [6, 6.07) is 5.21. The molecule has 0 atom stereocenters. The maximum Gasteiger partial charge on any atom is 0.433 e. The first kappa shape index (κ1) is 43.7. The number of hydrogen-bond acceptors (Lipinski definition) is 6. The van der Waals surface area contributed by atoms with Gasteiger partial charge in [-0.2, -0.15) is 13.2 Å². The van der Waals surface area contributed by atoms with Crippen LogP contribution in [0.2, 0.25) is 0 Å². The molecule has 0 spiro atoms. The second-order valence-corrected chi connectivity index (χ2v) is 7.65. The number of hydrogen-bond donors (Lipinski definition) is 2. The zero-order valence-corrected chi connectivity index (χ0v) is 26.6. The number of carbonyl (C=O) groups is 1. The zero-order valence-electron chi connectivity index (χ0n) is 26.6. The number of alkyl halides is 4. The third-order valence-electron chi connectivity index (χ3n) is 4.09. The van der Waals surface area contributed by atoms with Crippen LogP contribution in [-0.2, 0) is 6.18 Å². The van der Waals surface area contributed by atoms with E-state index < -0.39 is 24.5 Å². The molecule has 244 valence electrons. The van der Waals surface area contributed by atoms with Crippen molar-refractivity contribution in [2.75, 3.05) is 27.4 Å². The van der Waals surface area contributed by atoms with Gasteiger partial charge in [-0.05, 0) is 44.3 Å². The van der Waals surface area contributed by atoms with Crippen LogP contribution in [0.15, 0.2) is 59.5 Å². The number of oxazole rings is 1. The van der Waals surface area contributed by atoms with Gasteiger partial charge in [0.05, 0.1) is 13.4 Å². The van der Waals surface area contributed by atoms with Crippen molar-refractivity contribution in [1.82, 2.24) is 15.3 Å². The number of ether oxygens (including phenoxy) is 1. The van der Waals surface area contributed by atoms with Crippen molar-refractivity contribution >= 4 is 16.8 Å². The first-order chi connectivity index (χ1) is 20.6. The number of aromatic nitrogens is 2. The average Bonchev–Trinajstić information content (AvgIpc) is 3.50. The minimum absolute atomic E-state index is 0.0205. The Hall–Kier alpha value is -3.80. The van der Waals surface area contributed by atoms with Crippen molar-refractivity contribution < 1.29 is 35.9 Å². The topological polar surface area (TPSA) is 103 Å². The van der Waals surface area contributed by atoms with Gasteiger partial charge >= 0.3 is 6.18 Å². The lowest BCUT2D eigenvalue weighted by atomic mass is 10.1. The quantitative estimate of drug-likeness (QED) is 0.211. The van der Waals surface area contributed by atoms with Gasteiger partial charge in [0.15, 0.2) is 5.69 Å². The van der Waals surface area contributed by atoms with Crippen LogP contribution in [0.25, 0.3) is 22.4 Å². The molecule has 0 radical (unpaired) electrons. The molecule has 1 aromatic carbocycles. The van der Waals surface area contributed by atoms with E-state index in [4.69, 9.17) is 9.15 Å². The van der Waals surface area contributed by atoms with Gasteiger partial charge in [-0.25, -0.2) is 18.7 Å². The molecular formula is C31H47F5N4O3. The van der Waals surface area contributed by atoms with E-state index in [1.165, 1.54) is 45.4 Å². The van der Waals surface area contributed by atoms with Crippen molar-refractivity contribution in [1.29, 1.82) is 0 Å². The highest BCUT2D eigenvalue weighted by Crippen LogP contribution is 2.36. The van der Waals surface area contributed by atoms with Crippen LogP contribution >= 0.6 is 0 Å². The number of halogens is 5. The molecule has 0 fully saturated rings. The smallest absolute Gasteiger partial charge is 0.433 e. The summed E-state index contributed by atoms with van der Waals surface area (Å²) in [6.07, 6.45) is 3.63. The number of benzene rings is 1. The second-order valence-electron chi connectivity index (χ2n) is 7.65. The summed E-state index contributed by atoms with van der Waals surface area (Å²) in [5, 5.41) is 3.00. The van der Waals surface area contributed by atoms with Gasteiger partial charge in [0, 0.05) is 17.5 Å². The summed E-state index contributed by atoms with van der Waals surface area (Å²) in [7, 11) is 2.84. The van der Waals surface area contributed by atoms with Gasteiger partial charge in [-0.3, -0.25) is 4.79 Å². The SMILES string of the molecule is C/C=C/CNC(=O)c1coc(-c2ccc(OC)c3nc(C(F)(F)F)ccc23)n1.CC.CCC.CCC.CN.F/C=C/CF. The van der Waals surface area contributed by atoms with Crippen LogP contribution in [0.3, 0.4) is 0 Å². The number of amides is 1. The van der Waals surface area contributed by atoms with Gasteiger partial charge < -0.3 is 20.2 Å². The lowest BCUT2D eigenvalue weighted by Crippen LogP contribution is -2.23. The molecule has 43 heavy (non-hydrogen) atoms. The summed E-state index contributed by atoms with van der Waals surface area (Å²) < 4.78 is 70.8. The monoisotopic (exact) mass is 618 g/mol. The minimum Gasteiger partial charge on any atom is -0.494 e. The van der Waals surface area contributed by atoms with E-state index in [0.29, 0.717) is 17.5 Å². The van der Waals surface area contributed by atoms with Crippen molar-refractivity contribution in [2.45, 2.75) is 67.5 Å². The standard InChI is InChI=1S/C19H16F3N3O3.C3H4F2.2C3H8.C2H6.CH5N/c1-3-4-9-23-17(26)13-10-28-18(24-13)12-5-7-14(27-2)16-11(12)6-8-15(25-16)19(20,21)22;4-2-1-3-5;2*1-3-2;2*1-2/h3-8,10H,9H2,1-2H3,(H,23,26);1-2H,3H2;2*3H2,1-2H3;1-2H3;2H2,1H3/b4-3+;2-1+;;;;. The minimum atomic E-state index is -4.59. The molecule has 1 amide bonds. The number of rotatable bonds is 6. The summed E-state index contributed by atoms with van der Waals surface area (Å²) in [5.74, 6) is -0.158. The highest BCUT2D eigenvalue weighted by Gasteiger charge is 2.33. The molecule has 0 aliphatic rings. The first-order valence-electron chi connectivity index (χ1n) is 13.9. The van der Waals surface area contributed by atoms with Gasteiger partial charge in [-0.1, -0.05) is 66.5 Å². The van der Waals surface area contributed by atoms with Gasteiger partial charge in [0.1, 0.15) is 29.9 Å². The summed E-state index contributed by atoms with van der Waals surface area (Å²) in [5.41, 5.74) is 3.94. The molecule has 3 N–H and O–H groups in total. The Morgan fingerprint density at radius 1 is 1.02 bits per heavy atom. The Morgan fingerprint density at radius 3 is 2.05 bits per heavy atom. The van der Waals surface area contributed by atoms with Crippen molar-refractivity contribution in [3.8, 4) is 17.2 Å². The molecule has 0 saturated carbocycles. The zero-order chi connectivity index (χ0) is 33.8. The van der Waals surface area contributed by atoms with Crippen molar-refractivity contribution in [3.05, 3.63) is 66.5 Å². The fourth-order valence-electron chi connectivity index (χ4n) is 2.60. The van der Waals surface area contributed by atoms with Crippen LogP contribution in [0.1, 0.15) is 77.5 Å². The second kappa shape index (κ2) is 27.1. The molecule has 0 aliphatic heterocycles. The third kappa shape index (κ3) is 17.0. The van der Waals surface area contributed by atoms with Crippen molar-refractivity contribution in [2.24, 2.45) is 5.73 Å². The highest BCUT2D eigenvalue weighted by molar-refractivity contribution is 5.97. The Kier molecular flexibility index (Phi) is 27.5. The van der Waals surface area contributed by atoms with Crippen molar-refractivity contribution in [3.63, 3.8) is 0 Å². The average molecular weight is 619 g/mol. The van der Waals surface area contributed by atoms with E-state index in [0.717, 1.165) is 12.1 Å². The Balaban J connectivity index is -0.000000902. The van der Waals surface area contributed by atoms with E-state index in [9.17, 15) is 26.7 Å². The first-order valence-corrected chi connectivity index (χ1v) is 13.9. The number of carbonyl (C=O) groups excluding carboxylic acids is 1. The molecule has 0 unspecified atom stereocenters. The van der Waals surface area contributed by atoms with Gasteiger partial charge in [0.25, 0.3) is 5.91 Å². The molecule has 2 heterocycles. The lowest BCUT2D eigenvalue weighted by molar-refractivity contribution is -0.140.